The maximum absolute atomic E-state index is 12.4. The lowest BCUT2D eigenvalue weighted by Gasteiger charge is -2.17. The number of hydrogen-bond donors (Lipinski definition) is 1. The second kappa shape index (κ2) is 8.56. The molecule has 1 fully saturated rings. The summed E-state index contributed by atoms with van der Waals surface area (Å²) < 4.78 is 10.6. The van der Waals surface area contributed by atoms with Crippen molar-refractivity contribution in [3.05, 3.63) is 53.9 Å². The summed E-state index contributed by atoms with van der Waals surface area (Å²) in [7, 11) is 3.24. The van der Waals surface area contributed by atoms with E-state index in [4.69, 9.17) is 9.47 Å². The minimum absolute atomic E-state index is 0.00290. The van der Waals surface area contributed by atoms with Crippen LogP contribution in [-0.2, 0) is 6.42 Å². The summed E-state index contributed by atoms with van der Waals surface area (Å²) in [6.07, 6.45) is 5.39. The molecule has 3 rings (SSSR count). The number of benzene rings is 1. The zero-order chi connectivity index (χ0) is 18.4. The Morgan fingerprint density at radius 1 is 1.27 bits per heavy atom. The zero-order valence-electron chi connectivity index (χ0n) is 15.3. The average Bonchev–Trinajstić information content (AvgIpc) is 3.19. The number of nitrogens with zero attached hydrogens (tertiary/aromatic N) is 2. The molecule has 0 aliphatic carbocycles. The third-order valence-electron chi connectivity index (χ3n) is 4.77. The first-order valence-corrected chi connectivity index (χ1v) is 8.85. The summed E-state index contributed by atoms with van der Waals surface area (Å²) in [5.41, 5.74) is 2.30. The zero-order valence-corrected chi connectivity index (χ0v) is 15.3. The topological polar surface area (TPSA) is 63.7 Å². The van der Waals surface area contributed by atoms with E-state index in [-0.39, 0.29) is 6.03 Å². The molecule has 1 aliphatic rings. The van der Waals surface area contributed by atoms with E-state index in [2.05, 4.69) is 16.4 Å². The Bertz CT molecular complexity index is 736. The van der Waals surface area contributed by atoms with Crippen molar-refractivity contribution in [3.63, 3.8) is 0 Å². The van der Waals surface area contributed by atoms with Crippen LogP contribution >= 0.6 is 0 Å². The highest BCUT2D eigenvalue weighted by molar-refractivity contribution is 5.74. The molecule has 2 aromatic rings. The van der Waals surface area contributed by atoms with Gasteiger partial charge < -0.3 is 19.7 Å². The Hall–Kier alpha value is -2.76. The first-order chi connectivity index (χ1) is 12.7. The van der Waals surface area contributed by atoms with Gasteiger partial charge in [-0.15, -0.1) is 0 Å². The summed E-state index contributed by atoms with van der Waals surface area (Å²) in [5.74, 6) is 1.79. The van der Waals surface area contributed by atoms with Crippen LogP contribution in [0.15, 0.2) is 42.7 Å². The smallest absolute Gasteiger partial charge is 0.317 e. The molecule has 0 radical (unpaired) electrons. The van der Waals surface area contributed by atoms with E-state index < -0.39 is 0 Å². The number of methoxy groups -OCH3 is 2. The van der Waals surface area contributed by atoms with Crippen LogP contribution in [0, 0.1) is 0 Å². The fourth-order valence-electron chi connectivity index (χ4n) is 3.30. The molecule has 1 atom stereocenters. The van der Waals surface area contributed by atoms with Gasteiger partial charge in [0.25, 0.3) is 0 Å². The molecule has 1 saturated heterocycles. The van der Waals surface area contributed by atoms with E-state index in [9.17, 15) is 4.79 Å². The summed E-state index contributed by atoms with van der Waals surface area (Å²) in [6.45, 7) is 2.11. The average molecular weight is 355 g/mol. The SMILES string of the molecule is COc1ccc(CCNC(=O)N2CCC(c3cccnc3)C2)cc1OC. The van der Waals surface area contributed by atoms with E-state index in [0.29, 0.717) is 24.0 Å². The van der Waals surface area contributed by atoms with Crippen LogP contribution in [0.3, 0.4) is 0 Å². The molecule has 138 valence electrons. The van der Waals surface area contributed by atoms with E-state index in [0.717, 1.165) is 31.5 Å². The molecule has 6 heteroatoms. The second-order valence-electron chi connectivity index (χ2n) is 6.39. The van der Waals surface area contributed by atoms with E-state index >= 15 is 0 Å². The number of carbonyl (C=O) groups excluding carboxylic acids is 1. The third-order valence-corrected chi connectivity index (χ3v) is 4.77. The van der Waals surface area contributed by atoms with E-state index in [1.807, 2.05) is 35.4 Å². The van der Waals surface area contributed by atoms with Gasteiger partial charge in [-0.2, -0.15) is 0 Å². The molecule has 2 amide bonds. The Morgan fingerprint density at radius 3 is 2.85 bits per heavy atom. The molecule has 1 aromatic heterocycles. The van der Waals surface area contributed by atoms with Crippen LogP contribution in [0.5, 0.6) is 11.5 Å². The molecule has 1 aliphatic heterocycles. The van der Waals surface area contributed by atoms with Crippen molar-refractivity contribution >= 4 is 6.03 Å². The van der Waals surface area contributed by atoms with Gasteiger partial charge in [-0.25, -0.2) is 4.79 Å². The summed E-state index contributed by atoms with van der Waals surface area (Å²) >= 11 is 0. The predicted molar refractivity (Wildman–Crippen MR) is 99.8 cm³/mol. The van der Waals surface area contributed by atoms with E-state index in [1.165, 1.54) is 5.56 Å². The van der Waals surface area contributed by atoms with Crippen LogP contribution < -0.4 is 14.8 Å². The number of rotatable bonds is 6. The van der Waals surface area contributed by atoms with Crippen LogP contribution in [0.2, 0.25) is 0 Å². The van der Waals surface area contributed by atoms with Gasteiger partial charge in [0.05, 0.1) is 14.2 Å². The van der Waals surface area contributed by atoms with Crippen molar-refractivity contribution in [3.8, 4) is 11.5 Å². The number of urea groups is 1. The monoisotopic (exact) mass is 355 g/mol. The quantitative estimate of drug-likeness (QED) is 0.865. The van der Waals surface area contributed by atoms with Gasteiger partial charge >= 0.3 is 6.03 Å². The van der Waals surface area contributed by atoms with Crippen molar-refractivity contribution in [2.45, 2.75) is 18.8 Å². The molecule has 0 spiro atoms. The van der Waals surface area contributed by atoms with Crippen LogP contribution in [-0.4, -0.2) is 49.8 Å². The third kappa shape index (κ3) is 4.25. The number of hydrogen-bond acceptors (Lipinski definition) is 4. The Morgan fingerprint density at radius 2 is 2.12 bits per heavy atom. The highest BCUT2D eigenvalue weighted by Gasteiger charge is 2.27. The van der Waals surface area contributed by atoms with Crippen molar-refractivity contribution in [2.75, 3.05) is 33.9 Å². The highest BCUT2D eigenvalue weighted by atomic mass is 16.5. The maximum atomic E-state index is 12.4. The van der Waals surface area contributed by atoms with E-state index in [1.54, 1.807) is 20.4 Å². The van der Waals surface area contributed by atoms with Gasteiger partial charge in [0.1, 0.15) is 0 Å². The van der Waals surface area contributed by atoms with Gasteiger partial charge in [0.2, 0.25) is 0 Å². The molecule has 26 heavy (non-hydrogen) atoms. The number of amides is 2. The summed E-state index contributed by atoms with van der Waals surface area (Å²) in [5, 5.41) is 3.01. The number of ether oxygens (including phenoxy) is 2. The Balaban J connectivity index is 1.47. The fraction of sp³-hybridized carbons (Fsp3) is 0.400. The summed E-state index contributed by atoms with van der Waals surface area (Å²) in [6, 6.07) is 9.84. The van der Waals surface area contributed by atoms with Gasteiger partial charge in [-0.1, -0.05) is 12.1 Å². The molecule has 2 heterocycles. The minimum Gasteiger partial charge on any atom is -0.493 e. The fourth-order valence-corrected chi connectivity index (χ4v) is 3.30. The number of aromatic nitrogens is 1. The minimum atomic E-state index is -0.00290. The lowest BCUT2D eigenvalue weighted by atomic mass is 10.0. The van der Waals surface area contributed by atoms with Crippen LogP contribution in [0.1, 0.15) is 23.5 Å². The Labute approximate surface area is 154 Å². The van der Waals surface area contributed by atoms with Crippen molar-refractivity contribution < 1.29 is 14.3 Å². The second-order valence-corrected chi connectivity index (χ2v) is 6.39. The number of nitrogens with one attached hydrogen (secondary N) is 1. The first kappa shape index (κ1) is 18.0. The van der Waals surface area contributed by atoms with Gasteiger partial charge in [-0.05, 0) is 42.2 Å². The van der Waals surface area contributed by atoms with Crippen molar-refractivity contribution in [2.24, 2.45) is 0 Å². The van der Waals surface area contributed by atoms with Crippen LogP contribution in [0.25, 0.3) is 0 Å². The molecule has 1 N–H and O–H groups in total. The van der Waals surface area contributed by atoms with Gasteiger partial charge in [-0.3, -0.25) is 4.98 Å². The number of carbonyl (C=O) groups is 1. The van der Waals surface area contributed by atoms with Gasteiger partial charge in [0, 0.05) is 37.9 Å². The lowest BCUT2D eigenvalue weighted by molar-refractivity contribution is 0.208. The number of pyridine rings is 1. The molecule has 1 unspecified atom stereocenters. The Kier molecular flexibility index (Phi) is 5.94. The van der Waals surface area contributed by atoms with Crippen LogP contribution in [0.4, 0.5) is 4.79 Å². The van der Waals surface area contributed by atoms with Crippen molar-refractivity contribution in [1.82, 2.24) is 15.2 Å². The first-order valence-electron chi connectivity index (χ1n) is 8.85. The van der Waals surface area contributed by atoms with Crippen molar-refractivity contribution in [1.29, 1.82) is 0 Å². The summed E-state index contributed by atoms with van der Waals surface area (Å²) in [4.78, 5) is 18.4. The standard InChI is InChI=1S/C20H25N3O3/c1-25-18-6-5-15(12-19(18)26-2)7-10-22-20(24)23-11-8-17(14-23)16-4-3-9-21-13-16/h3-6,9,12-13,17H,7-8,10-11,14H2,1-2H3,(H,22,24). The number of likely N-dealkylation sites (tertiary alicyclic amines) is 1. The molecule has 6 nitrogen and oxygen atoms in total. The molecular formula is C20H25N3O3. The molecule has 1 aromatic carbocycles. The molecular weight excluding hydrogens is 330 g/mol. The van der Waals surface area contributed by atoms with Gasteiger partial charge in [0.15, 0.2) is 11.5 Å². The molecule has 0 bridgehead atoms. The molecule has 0 saturated carbocycles. The lowest BCUT2D eigenvalue weighted by Crippen LogP contribution is -2.39. The maximum Gasteiger partial charge on any atom is 0.317 e. The highest BCUT2D eigenvalue weighted by Crippen LogP contribution is 2.28. The largest absolute Gasteiger partial charge is 0.493 e. The normalized spacial score (nSPS) is 16.4. The predicted octanol–water partition coefficient (Wildman–Crippen LogP) is 2.84.